The second-order valence-electron chi connectivity index (χ2n) is 2.78. The number of nitrogens with one attached hydrogen (secondary N) is 1. The first kappa shape index (κ1) is 10.9. The molecule has 14 heavy (non-hydrogen) atoms. The highest BCUT2D eigenvalue weighted by atomic mass is 35.5. The van der Waals surface area contributed by atoms with E-state index in [-0.39, 0.29) is 4.99 Å². The Morgan fingerprint density at radius 3 is 2.79 bits per heavy atom. The van der Waals surface area contributed by atoms with E-state index < -0.39 is 5.91 Å². The summed E-state index contributed by atoms with van der Waals surface area (Å²) in [4.78, 5) is 10.7. The molecule has 0 saturated heterocycles. The van der Waals surface area contributed by atoms with Crippen LogP contribution in [0.5, 0.6) is 0 Å². The van der Waals surface area contributed by atoms with Crippen molar-refractivity contribution < 1.29 is 4.79 Å². The zero-order valence-electron chi connectivity index (χ0n) is 7.50. The normalized spacial score (nSPS) is 9.57. The zero-order valence-corrected chi connectivity index (χ0v) is 9.08. The van der Waals surface area contributed by atoms with Gasteiger partial charge in [-0.2, -0.15) is 0 Å². The van der Waals surface area contributed by atoms with Crippen molar-refractivity contribution in [1.29, 1.82) is 0 Å². The number of carbonyl (C=O) groups is 1. The minimum absolute atomic E-state index is 0.0182. The van der Waals surface area contributed by atoms with Crippen LogP contribution < -0.4 is 11.1 Å². The third-order valence-electron chi connectivity index (χ3n) is 1.67. The summed E-state index contributed by atoms with van der Waals surface area (Å²) in [6.07, 6.45) is 0. The highest BCUT2D eigenvalue weighted by Crippen LogP contribution is 2.19. The number of hydrogen-bond acceptors (Lipinski definition) is 2. The molecule has 0 fully saturated rings. The summed E-state index contributed by atoms with van der Waals surface area (Å²) in [7, 11) is 0. The van der Waals surface area contributed by atoms with Crippen LogP contribution in [0.1, 0.15) is 5.56 Å². The van der Waals surface area contributed by atoms with Crippen molar-refractivity contribution in [1.82, 2.24) is 0 Å². The fourth-order valence-electron chi connectivity index (χ4n) is 0.913. The van der Waals surface area contributed by atoms with Crippen molar-refractivity contribution in [2.75, 3.05) is 5.32 Å². The summed E-state index contributed by atoms with van der Waals surface area (Å²) in [5.74, 6) is -0.653. The maximum atomic E-state index is 10.7. The molecule has 0 radical (unpaired) electrons. The average molecular weight is 229 g/mol. The molecular formula is C9H9ClN2OS. The van der Waals surface area contributed by atoms with E-state index in [1.165, 1.54) is 0 Å². The molecule has 3 nitrogen and oxygen atoms in total. The van der Waals surface area contributed by atoms with Crippen molar-refractivity contribution in [3.63, 3.8) is 0 Å². The summed E-state index contributed by atoms with van der Waals surface area (Å²) in [5, 5.41) is 3.30. The predicted octanol–water partition coefficient (Wildman–Crippen LogP) is 1.87. The number of rotatable bonds is 1. The van der Waals surface area contributed by atoms with Gasteiger partial charge in [0.1, 0.15) is 0 Å². The third kappa shape index (κ3) is 2.68. The predicted molar refractivity (Wildman–Crippen MR) is 61.6 cm³/mol. The molecule has 74 valence electrons. The van der Waals surface area contributed by atoms with E-state index in [4.69, 9.17) is 29.6 Å². The summed E-state index contributed by atoms with van der Waals surface area (Å²) in [6, 6.07) is 5.27. The van der Waals surface area contributed by atoms with Gasteiger partial charge in [-0.05, 0) is 24.6 Å². The lowest BCUT2D eigenvalue weighted by molar-refractivity contribution is -0.111. The Kier molecular flexibility index (Phi) is 3.43. The van der Waals surface area contributed by atoms with Gasteiger partial charge in [0.2, 0.25) is 0 Å². The number of benzene rings is 1. The van der Waals surface area contributed by atoms with Crippen molar-refractivity contribution in [3.8, 4) is 0 Å². The van der Waals surface area contributed by atoms with E-state index in [9.17, 15) is 4.79 Å². The number of aryl methyl sites for hydroxylation is 1. The quantitative estimate of drug-likeness (QED) is 0.722. The van der Waals surface area contributed by atoms with Gasteiger partial charge in [-0.25, -0.2) is 0 Å². The number of amides is 1. The van der Waals surface area contributed by atoms with Crippen LogP contribution in [-0.4, -0.2) is 10.9 Å². The smallest absolute Gasteiger partial charge is 0.276 e. The maximum absolute atomic E-state index is 10.7. The standard InChI is InChI=1S/C9H9ClN2OS/c1-5-2-3-6(10)4-7(5)12-9(14)8(11)13/h2-4H,1H3,(H2,11,13)(H,12,14). The average Bonchev–Trinajstić information content (AvgIpc) is 2.11. The van der Waals surface area contributed by atoms with Crippen LogP contribution in [0.4, 0.5) is 5.69 Å². The van der Waals surface area contributed by atoms with Crippen LogP contribution in [0.3, 0.4) is 0 Å². The number of anilines is 1. The van der Waals surface area contributed by atoms with Crippen LogP contribution in [0, 0.1) is 6.92 Å². The Balaban J connectivity index is 2.91. The fourth-order valence-corrected chi connectivity index (χ4v) is 1.19. The Bertz CT molecular complexity index is 392. The van der Waals surface area contributed by atoms with Gasteiger partial charge in [-0.3, -0.25) is 4.79 Å². The molecule has 0 aromatic heterocycles. The van der Waals surface area contributed by atoms with Crippen LogP contribution >= 0.6 is 23.8 Å². The molecule has 0 unspecified atom stereocenters. The first-order valence-electron chi connectivity index (χ1n) is 3.87. The minimum atomic E-state index is -0.653. The van der Waals surface area contributed by atoms with E-state index in [1.807, 2.05) is 13.0 Å². The Morgan fingerprint density at radius 1 is 1.57 bits per heavy atom. The van der Waals surface area contributed by atoms with Gasteiger partial charge >= 0.3 is 0 Å². The Labute approximate surface area is 92.2 Å². The second kappa shape index (κ2) is 4.39. The van der Waals surface area contributed by atoms with E-state index in [0.29, 0.717) is 10.7 Å². The van der Waals surface area contributed by atoms with Crippen molar-refractivity contribution >= 4 is 40.4 Å². The van der Waals surface area contributed by atoms with Crippen LogP contribution in [0.2, 0.25) is 5.02 Å². The lowest BCUT2D eigenvalue weighted by atomic mass is 10.2. The molecule has 1 amide bonds. The molecule has 0 heterocycles. The zero-order chi connectivity index (χ0) is 10.7. The summed E-state index contributed by atoms with van der Waals surface area (Å²) in [6.45, 7) is 1.88. The molecule has 1 aromatic carbocycles. The van der Waals surface area contributed by atoms with Gasteiger partial charge in [0.15, 0.2) is 4.99 Å². The molecule has 0 atom stereocenters. The van der Waals surface area contributed by atoms with Crippen LogP contribution in [-0.2, 0) is 4.79 Å². The molecule has 0 saturated carbocycles. The molecule has 5 heteroatoms. The van der Waals surface area contributed by atoms with Crippen molar-refractivity contribution in [3.05, 3.63) is 28.8 Å². The molecule has 0 bridgehead atoms. The summed E-state index contributed by atoms with van der Waals surface area (Å²) >= 11 is 10.5. The molecule has 0 aliphatic carbocycles. The van der Waals surface area contributed by atoms with E-state index in [1.54, 1.807) is 12.1 Å². The number of nitrogens with two attached hydrogens (primary N) is 1. The van der Waals surface area contributed by atoms with E-state index in [2.05, 4.69) is 5.32 Å². The highest BCUT2D eigenvalue weighted by molar-refractivity contribution is 7.82. The first-order valence-corrected chi connectivity index (χ1v) is 4.66. The maximum Gasteiger partial charge on any atom is 0.276 e. The van der Waals surface area contributed by atoms with Crippen LogP contribution in [0.25, 0.3) is 0 Å². The number of hydrogen-bond donors (Lipinski definition) is 2. The molecule has 1 aromatic rings. The monoisotopic (exact) mass is 228 g/mol. The van der Waals surface area contributed by atoms with Gasteiger partial charge in [-0.1, -0.05) is 29.9 Å². The van der Waals surface area contributed by atoms with Gasteiger partial charge < -0.3 is 11.1 Å². The summed E-state index contributed by atoms with van der Waals surface area (Å²) < 4.78 is 0. The second-order valence-corrected chi connectivity index (χ2v) is 3.62. The molecular weight excluding hydrogens is 220 g/mol. The molecule has 0 spiro atoms. The number of primary amides is 1. The molecule has 0 aliphatic heterocycles. The fraction of sp³-hybridized carbons (Fsp3) is 0.111. The van der Waals surface area contributed by atoms with E-state index in [0.717, 1.165) is 5.56 Å². The first-order chi connectivity index (χ1) is 6.50. The third-order valence-corrected chi connectivity index (χ3v) is 2.21. The minimum Gasteiger partial charge on any atom is -0.364 e. The number of halogens is 1. The van der Waals surface area contributed by atoms with Gasteiger partial charge in [0, 0.05) is 10.7 Å². The number of thiocarbonyl (C=S) groups is 1. The van der Waals surface area contributed by atoms with Gasteiger partial charge in [-0.15, -0.1) is 0 Å². The number of carbonyl (C=O) groups excluding carboxylic acids is 1. The van der Waals surface area contributed by atoms with Crippen molar-refractivity contribution in [2.45, 2.75) is 6.92 Å². The highest BCUT2D eigenvalue weighted by Gasteiger charge is 2.06. The lowest BCUT2D eigenvalue weighted by Crippen LogP contribution is -2.28. The Morgan fingerprint density at radius 2 is 2.21 bits per heavy atom. The molecule has 0 aliphatic rings. The Hall–Kier alpha value is -1.13. The lowest BCUT2D eigenvalue weighted by Gasteiger charge is -2.08. The topological polar surface area (TPSA) is 55.1 Å². The largest absolute Gasteiger partial charge is 0.364 e. The SMILES string of the molecule is Cc1ccc(Cl)cc1NC(=S)C(N)=O. The van der Waals surface area contributed by atoms with Gasteiger partial charge in [0.25, 0.3) is 5.91 Å². The molecule has 1 rings (SSSR count). The summed E-state index contributed by atoms with van der Waals surface area (Å²) in [5.41, 5.74) is 6.63. The van der Waals surface area contributed by atoms with E-state index >= 15 is 0 Å². The molecule has 3 N–H and O–H groups in total. The van der Waals surface area contributed by atoms with Crippen molar-refractivity contribution in [2.24, 2.45) is 5.73 Å². The van der Waals surface area contributed by atoms with Gasteiger partial charge in [0.05, 0.1) is 0 Å². The van der Waals surface area contributed by atoms with Crippen LogP contribution in [0.15, 0.2) is 18.2 Å².